The summed E-state index contributed by atoms with van der Waals surface area (Å²) in [7, 11) is 0. The van der Waals surface area contributed by atoms with Crippen molar-refractivity contribution in [2.24, 2.45) is 0 Å². The van der Waals surface area contributed by atoms with Crippen molar-refractivity contribution < 1.29 is 28.6 Å². The largest absolute Gasteiger partial charge is 0.462 e. The van der Waals surface area contributed by atoms with Gasteiger partial charge >= 0.3 is 17.9 Å². The van der Waals surface area contributed by atoms with Crippen molar-refractivity contribution in [2.75, 3.05) is 13.2 Å². The van der Waals surface area contributed by atoms with Crippen molar-refractivity contribution in [3.63, 3.8) is 0 Å². The molecule has 1 unspecified atom stereocenters. The molecule has 0 aromatic heterocycles. The summed E-state index contributed by atoms with van der Waals surface area (Å²) in [5, 5.41) is 0. The number of rotatable bonds is 60. The van der Waals surface area contributed by atoms with E-state index in [-0.39, 0.29) is 31.1 Å². The highest BCUT2D eigenvalue weighted by Gasteiger charge is 2.19. The van der Waals surface area contributed by atoms with Crippen LogP contribution >= 0.6 is 0 Å². The average Bonchev–Trinajstić information content (AvgIpc) is 3.42. The molecule has 6 heteroatoms. The van der Waals surface area contributed by atoms with Crippen LogP contribution in [0.25, 0.3) is 0 Å². The van der Waals surface area contributed by atoms with Crippen LogP contribution in [-0.4, -0.2) is 37.2 Å². The smallest absolute Gasteiger partial charge is 0.306 e. The molecule has 0 aliphatic heterocycles. The molecule has 0 aromatic carbocycles. The number of esters is 3. The van der Waals surface area contributed by atoms with Gasteiger partial charge in [-0.2, -0.15) is 0 Å². The quantitative estimate of drug-likeness (QED) is 0.0261. The van der Waals surface area contributed by atoms with Gasteiger partial charge in [0.25, 0.3) is 0 Å². The van der Waals surface area contributed by atoms with Crippen LogP contribution in [0.5, 0.6) is 0 Å². The van der Waals surface area contributed by atoms with Gasteiger partial charge in [-0.3, -0.25) is 14.4 Å². The summed E-state index contributed by atoms with van der Waals surface area (Å²) in [4.78, 5) is 38.3. The Labute approximate surface area is 472 Å². The lowest BCUT2D eigenvalue weighted by atomic mass is 10.0. The Balaban J connectivity index is 4.27. The maximum absolute atomic E-state index is 12.9. The van der Waals surface area contributed by atoms with Crippen molar-refractivity contribution in [3.8, 4) is 0 Å². The predicted octanol–water partition coefficient (Wildman–Crippen LogP) is 22.5. The maximum Gasteiger partial charge on any atom is 0.306 e. The minimum atomic E-state index is -0.787. The van der Waals surface area contributed by atoms with Gasteiger partial charge in [0.1, 0.15) is 13.2 Å². The topological polar surface area (TPSA) is 78.9 Å². The fourth-order valence-corrected chi connectivity index (χ4v) is 9.53. The van der Waals surface area contributed by atoms with Crippen molar-refractivity contribution >= 4 is 17.9 Å². The molecule has 76 heavy (non-hydrogen) atoms. The first-order valence-electron chi connectivity index (χ1n) is 32.9. The van der Waals surface area contributed by atoms with Gasteiger partial charge in [0, 0.05) is 19.3 Å². The standard InChI is InChI=1S/C70H124O6/c1-4-7-10-13-16-19-22-25-27-29-31-32-33-34-35-36-37-38-39-41-42-45-48-51-54-57-60-63-69(72)75-66-67(65-74-68(71)62-59-56-53-50-47-44-24-21-18-15-12-9-6-3)76-70(73)64-61-58-55-52-49-46-43-40-30-28-26-23-20-17-14-11-8-5-2/h9,12,18,21-22,25,29,31,33-34,44,47,67H,4-8,10-11,13-17,19-20,23-24,26-28,30,32,35-43,45-46,48-66H2,1-3H3/b12-9-,21-18-,25-22-,31-29-,34-33-,47-44-. The fourth-order valence-electron chi connectivity index (χ4n) is 9.53. The molecule has 0 bridgehead atoms. The zero-order chi connectivity index (χ0) is 55.0. The summed E-state index contributed by atoms with van der Waals surface area (Å²) in [6, 6.07) is 0. The number of carbonyl (C=O) groups is 3. The Kier molecular flexibility index (Phi) is 61.7. The van der Waals surface area contributed by atoms with Crippen molar-refractivity contribution in [3.05, 3.63) is 72.9 Å². The zero-order valence-corrected chi connectivity index (χ0v) is 50.5. The van der Waals surface area contributed by atoms with Gasteiger partial charge in [0.15, 0.2) is 6.10 Å². The molecule has 0 saturated carbocycles. The SMILES string of the molecule is CC/C=C\C/C=C\C/C=C\CCCCCC(=O)OCC(COC(=O)CCCCCCCCCCCCCC/C=C\C/C=C\C/C=C\CCCCCCC)OC(=O)CCCCCCCCCCCCCCCCCCCC. The van der Waals surface area contributed by atoms with Gasteiger partial charge < -0.3 is 14.2 Å². The van der Waals surface area contributed by atoms with Gasteiger partial charge in [-0.05, 0) is 89.9 Å². The van der Waals surface area contributed by atoms with E-state index in [0.29, 0.717) is 19.3 Å². The van der Waals surface area contributed by atoms with Crippen LogP contribution in [0.4, 0.5) is 0 Å². The van der Waals surface area contributed by atoms with Crippen LogP contribution in [-0.2, 0) is 28.6 Å². The van der Waals surface area contributed by atoms with Gasteiger partial charge in [-0.1, -0.05) is 299 Å². The lowest BCUT2D eigenvalue weighted by Gasteiger charge is -2.18. The normalized spacial score (nSPS) is 12.5. The van der Waals surface area contributed by atoms with Crippen LogP contribution in [0.1, 0.15) is 335 Å². The Hall–Kier alpha value is -3.15. The minimum Gasteiger partial charge on any atom is -0.462 e. The van der Waals surface area contributed by atoms with Crippen LogP contribution < -0.4 is 0 Å². The molecule has 0 spiro atoms. The third-order valence-electron chi connectivity index (χ3n) is 14.4. The summed E-state index contributed by atoms with van der Waals surface area (Å²) in [5.74, 6) is -0.898. The van der Waals surface area contributed by atoms with E-state index in [4.69, 9.17) is 14.2 Å². The molecule has 0 aliphatic carbocycles. The molecule has 0 amide bonds. The summed E-state index contributed by atoms with van der Waals surface area (Å²) < 4.78 is 16.9. The van der Waals surface area contributed by atoms with Crippen molar-refractivity contribution in [2.45, 2.75) is 341 Å². The van der Waals surface area contributed by atoms with Crippen LogP contribution in [0.2, 0.25) is 0 Å². The lowest BCUT2D eigenvalue weighted by Crippen LogP contribution is -2.30. The van der Waals surface area contributed by atoms with Crippen molar-refractivity contribution in [1.29, 1.82) is 0 Å². The third kappa shape index (κ3) is 61.7. The van der Waals surface area contributed by atoms with E-state index in [0.717, 1.165) is 96.3 Å². The van der Waals surface area contributed by atoms with Crippen LogP contribution in [0.15, 0.2) is 72.9 Å². The Morgan fingerprint density at radius 3 is 0.816 bits per heavy atom. The number of unbranched alkanes of at least 4 members (excludes halogenated alkanes) is 37. The lowest BCUT2D eigenvalue weighted by molar-refractivity contribution is -0.167. The first kappa shape index (κ1) is 72.8. The second kappa shape index (κ2) is 64.4. The molecule has 0 saturated heterocycles. The predicted molar refractivity (Wildman–Crippen MR) is 330 cm³/mol. The first-order valence-corrected chi connectivity index (χ1v) is 32.9. The van der Waals surface area contributed by atoms with Gasteiger partial charge in [-0.15, -0.1) is 0 Å². The molecular formula is C70H124O6. The fraction of sp³-hybridized carbons (Fsp3) is 0.786. The van der Waals surface area contributed by atoms with E-state index >= 15 is 0 Å². The molecule has 0 N–H and O–H groups in total. The number of hydrogen-bond donors (Lipinski definition) is 0. The van der Waals surface area contributed by atoms with E-state index in [9.17, 15) is 14.4 Å². The minimum absolute atomic E-state index is 0.0827. The molecule has 0 aliphatic rings. The highest BCUT2D eigenvalue weighted by molar-refractivity contribution is 5.71. The Morgan fingerprint density at radius 2 is 0.513 bits per heavy atom. The summed E-state index contributed by atoms with van der Waals surface area (Å²) in [5.41, 5.74) is 0. The Bertz CT molecular complexity index is 1400. The third-order valence-corrected chi connectivity index (χ3v) is 14.4. The molecule has 1 atom stereocenters. The molecule has 0 heterocycles. The molecule has 0 aromatic rings. The second-order valence-electron chi connectivity index (χ2n) is 22.0. The van der Waals surface area contributed by atoms with E-state index in [2.05, 4.69) is 93.7 Å². The van der Waals surface area contributed by atoms with Crippen LogP contribution in [0.3, 0.4) is 0 Å². The number of allylic oxidation sites excluding steroid dienone is 12. The molecule has 440 valence electrons. The second-order valence-corrected chi connectivity index (χ2v) is 22.0. The van der Waals surface area contributed by atoms with Gasteiger partial charge in [0.05, 0.1) is 0 Å². The molecule has 0 fully saturated rings. The average molecular weight is 1060 g/mol. The molecular weight excluding hydrogens is 937 g/mol. The molecule has 0 rings (SSSR count). The maximum atomic E-state index is 12.9. The molecule has 0 radical (unpaired) electrons. The number of ether oxygens (including phenoxy) is 3. The van der Waals surface area contributed by atoms with E-state index in [1.165, 1.54) is 199 Å². The Morgan fingerprint density at radius 1 is 0.276 bits per heavy atom. The first-order chi connectivity index (χ1) is 37.5. The number of hydrogen-bond acceptors (Lipinski definition) is 6. The zero-order valence-electron chi connectivity index (χ0n) is 50.5. The number of carbonyl (C=O) groups excluding carboxylic acids is 3. The van der Waals surface area contributed by atoms with Crippen molar-refractivity contribution in [1.82, 2.24) is 0 Å². The summed E-state index contributed by atoms with van der Waals surface area (Å²) in [6.45, 7) is 6.53. The van der Waals surface area contributed by atoms with E-state index in [1.54, 1.807) is 0 Å². The highest BCUT2D eigenvalue weighted by Crippen LogP contribution is 2.17. The van der Waals surface area contributed by atoms with E-state index in [1.807, 2.05) is 0 Å². The molecule has 6 nitrogen and oxygen atoms in total. The summed E-state index contributed by atoms with van der Waals surface area (Å²) in [6.07, 6.45) is 83.5. The van der Waals surface area contributed by atoms with Crippen LogP contribution in [0, 0.1) is 0 Å². The summed E-state index contributed by atoms with van der Waals surface area (Å²) >= 11 is 0. The highest BCUT2D eigenvalue weighted by atomic mass is 16.6. The van der Waals surface area contributed by atoms with Gasteiger partial charge in [0.2, 0.25) is 0 Å². The van der Waals surface area contributed by atoms with Gasteiger partial charge in [-0.25, -0.2) is 0 Å². The van der Waals surface area contributed by atoms with E-state index < -0.39 is 6.10 Å². The monoisotopic (exact) mass is 1060 g/mol.